The fraction of sp³-hybridized carbons (Fsp3) is 0.294. The molecule has 0 unspecified atom stereocenters. The minimum Gasteiger partial charge on any atom is -0.336 e. The maximum atomic E-state index is 12.8. The molecule has 0 bridgehead atoms. The van der Waals surface area contributed by atoms with Crippen molar-refractivity contribution in [3.05, 3.63) is 40.6 Å². The van der Waals surface area contributed by atoms with Gasteiger partial charge in [0.15, 0.2) is 3.95 Å². The molecule has 2 N–H and O–H groups in total. The summed E-state index contributed by atoms with van der Waals surface area (Å²) in [5, 5.41) is 2.90. The maximum Gasteiger partial charge on any atom is 0.327 e. The molecule has 0 saturated heterocycles. The van der Waals surface area contributed by atoms with Gasteiger partial charge in [0, 0.05) is 24.6 Å². The molecule has 2 amide bonds. The molecule has 3 heterocycles. The van der Waals surface area contributed by atoms with E-state index in [1.807, 2.05) is 12.1 Å². The summed E-state index contributed by atoms with van der Waals surface area (Å²) in [6.07, 6.45) is 6.36. The molecule has 0 aliphatic heterocycles. The standard InChI is InChI=1S/C17H19N5OS2/c1-2-3-4-11-22(16(23)19-12-7-9-18-10-8-12)14-6-5-13-15(21-14)25-17(24)20-13/h5-10H,2-4,11H2,1H3,(H,20,24)(H,18,19,23). The quantitative estimate of drug-likeness (QED) is 0.472. The first-order valence-electron chi connectivity index (χ1n) is 8.16. The van der Waals surface area contributed by atoms with E-state index in [-0.39, 0.29) is 6.03 Å². The van der Waals surface area contributed by atoms with E-state index < -0.39 is 0 Å². The molecule has 0 spiro atoms. The summed E-state index contributed by atoms with van der Waals surface area (Å²) in [6, 6.07) is 7.08. The molecule has 3 rings (SSSR count). The van der Waals surface area contributed by atoms with Crippen molar-refractivity contribution in [1.29, 1.82) is 0 Å². The molecule has 25 heavy (non-hydrogen) atoms. The summed E-state index contributed by atoms with van der Waals surface area (Å²) in [5.41, 5.74) is 1.60. The first kappa shape index (κ1) is 17.5. The van der Waals surface area contributed by atoms with Gasteiger partial charge in [-0.05, 0) is 42.9 Å². The largest absolute Gasteiger partial charge is 0.336 e. The maximum absolute atomic E-state index is 12.8. The number of thiazole rings is 1. The molecule has 0 saturated carbocycles. The minimum absolute atomic E-state index is 0.201. The number of nitrogens with one attached hydrogen (secondary N) is 2. The normalized spacial score (nSPS) is 10.8. The monoisotopic (exact) mass is 373 g/mol. The second-order valence-corrected chi connectivity index (χ2v) is 7.23. The van der Waals surface area contributed by atoms with Crippen molar-refractivity contribution < 1.29 is 4.79 Å². The van der Waals surface area contributed by atoms with Crippen LogP contribution in [0.25, 0.3) is 10.3 Å². The zero-order valence-corrected chi connectivity index (χ0v) is 15.5. The predicted octanol–water partition coefficient (Wildman–Crippen LogP) is 4.98. The number of aromatic nitrogens is 3. The third-order valence-corrected chi connectivity index (χ3v) is 4.85. The number of nitrogens with zero attached hydrogens (tertiary/aromatic N) is 3. The Labute approximate surface area is 154 Å². The van der Waals surface area contributed by atoms with Crippen molar-refractivity contribution in [3.63, 3.8) is 0 Å². The van der Waals surface area contributed by atoms with Crippen molar-refractivity contribution in [1.82, 2.24) is 15.0 Å². The zero-order valence-electron chi connectivity index (χ0n) is 13.9. The molecular formula is C17H19N5OS2. The lowest BCUT2D eigenvalue weighted by Gasteiger charge is -2.22. The van der Waals surface area contributed by atoms with E-state index in [9.17, 15) is 4.79 Å². The average Bonchev–Trinajstić information content (AvgIpc) is 2.98. The number of anilines is 2. The van der Waals surface area contributed by atoms with Gasteiger partial charge in [-0.2, -0.15) is 0 Å². The molecule has 0 radical (unpaired) electrons. The van der Waals surface area contributed by atoms with Crippen molar-refractivity contribution in [2.45, 2.75) is 26.2 Å². The highest BCUT2D eigenvalue weighted by Crippen LogP contribution is 2.22. The number of rotatable bonds is 6. The fourth-order valence-electron chi connectivity index (χ4n) is 2.44. The number of carbonyl (C=O) groups excluding carboxylic acids is 1. The van der Waals surface area contributed by atoms with Crippen LogP contribution in [0.5, 0.6) is 0 Å². The first-order valence-corrected chi connectivity index (χ1v) is 9.38. The van der Waals surface area contributed by atoms with Gasteiger partial charge in [0.25, 0.3) is 0 Å². The Kier molecular flexibility index (Phi) is 5.72. The highest BCUT2D eigenvalue weighted by Gasteiger charge is 2.17. The van der Waals surface area contributed by atoms with Gasteiger partial charge in [0.2, 0.25) is 0 Å². The summed E-state index contributed by atoms with van der Waals surface area (Å²) < 4.78 is 0.679. The summed E-state index contributed by atoms with van der Waals surface area (Å²) >= 11 is 6.58. The summed E-state index contributed by atoms with van der Waals surface area (Å²) in [4.78, 5) is 26.9. The van der Waals surface area contributed by atoms with Gasteiger partial charge in [0.1, 0.15) is 10.6 Å². The zero-order chi connectivity index (χ0) is 17.6. The second-order valence-electron chi connectivity index (χ2n) is 5.56. The fourth-order valence-corrected chi connectivity index (χ4v) is 3.50. The Bertz CT molecular complexity index is 906. The van der Waals surface area contributed by atoms with E-state index in [0.717, 1.165) is 29.6 Å². The Balaban J connectivity index is 1.86. The van der Waals surface area contributed by atoms with Crippen LogP contribution >= 0.6 is 23.6 Å². The Morgan fingerprint density at radius 1 is 1.28 bits per heavy atom. The first-order chi connectivity index (χ1) is 12.2. The van der Waals surface area contributed by atoms with Crippen LogP contribution in [-0.2, 0) is 0 Å². The molecule has 0 atom stereocenters. The van der Waals surface area contributed by atoms with Crippen LogP contribution < -0.4 is 10.2 Å². The molecule has 0 fully saturated rings. The van der Waals surface area contributed by atoms with Crippen LogP contribution in [0.15, 0.2) is 36.7 Å². The topological polar surface area (TPSA) is 73.9 Å². The summed E-state index contributed by atoms with van der Waals surface area (Å²) in [6.45, 7) is 2.75. The number of carbonyl (C=O) groups is 1. The van der Waals surface area contributed by atoms with E-state index in [0.29, 0.717) is 22.0 Å². The van der Waals surface area contributed by atoms with Crippen molar-refractivity contribution >= 4 is 51.4 Å². The molecule has 130 valence electrons. The molecule has 8 heteroatoms. The number of urea groups is 1. The van der Waals surface area contributed by atoms with Gasteiger partial charge in [-0.15, -0.1) is 0 Å². The van der Waals surface area contributed by atoms with Crippen LogP contribution in [0.1, 0.15) is 26.2 Å². The number of amides is 2. The number of unbranched alkanes of at least 4 members (excludes halogenated alkanes) is 2. The van der Waals surface area contributed by atoms with Gasteiger partial charge >= 0.3 is 6.03 Å². The molecular weight excluding hydrogens is 354 g/mol. The van der Waals surface area contributed by atoms with Crippen molar-refractivity contribution in [2.24, 2.45) is 0 Å². The Morgan fingerprint density at radius 2 is 2.08 bits per heavy atom. The SMILES string of the molecule is CCCCCN(C(=O)Nc1ccncc1)c1ccc2[nH]c(=S)sc2n1. The van der Waals surface area contributed by atoms with E-state index >= 15 is 0 Å². The highest BCUT2D eigenvalue weighted by atomic mass is 32.1. The van der Waals surface area contributed by atoms with E-state index in [1.54, 1.807) is 29.4 Å². The van der Waals surface area contributed by atoms with Gasteiger partial charge < -0.3 is 10.3 Å². The number of H-pyrrole nitrogens is 1. The molecule has 0 aromatic carbocycles. The molecule has 0 aliphatic rings. The average molecular weight is 374 g/mol. The smallest absolute Gasteiger partial charge is 0.327 e. The van der Waals surface area contributed by atoms with E-state index in [2.05, 4.69) is 27.2 Å². The van der Waals surface area contributed by atoms with Crippen LogP contribution in [-0.4, -0.2) is 27.5 Å². The van der Waals surface area contributed by atoms with Gasteiger partial charge in [-0.1, -0.05) is 31.1 Å². The molecule has 3 aromatic rings. The number of pyridine rings is 2. The number of fused-ring (bicyclic) bond motifs is 1. The van der Waals surface area contributed by atoms with Gasteiger partial charge in [-0.3, -0.25) is 9.88 Å². The summed E-state index contributed by atoms with van der Waals surface area (Å²) in [7, 11) is 0. The predicted molar refractivity (Wildman–Crippen MR) is 105 cm³/mol. The lowest BCUT2D eigenvalue weighted by atomic mass is 10.2. The lowest BCUT2D eigenvalue weighted by molar-refractivity contribution is 0.256. The number of hydrogen-bond donors (Lipinski definition) is 2. The Morgan fingerprint density at radius 3 is 2.84 bits per heavy atom. The van der Waals surface area contributed by atoms with E-state index in [1.165, 1.54) is 11.3 Å². The van der Waals surface area contributed by atoms with Crippen LogP contribution in [0.3, 0.4) is 0 Å². The van der Waals surface area contributed by atoms with E-state index in [4.69, 9.17) is 12.2 Å². The van der Waals surface area contributed by atoms with Crippen LogP contribution in [0.4, 0.5) is 16.3 Å². The lowest BCUT2D eigenvalue weighted by Crippen LogP contribution is -2.36. The van der Waals surface area contributed by atoms with Crippen molar-refractivity contribution in [3.8, 4) is 0 Å². The summed E-state index contributed by atoms with van der Waals surface area (Å²) in [5.74, 6) is 0.625. The Hall–Kier alpha value is -2.32. The van der Waals surface area contributed by atoms with Gasteiger partial charge in [-0.25, -0.2) is 9.78 Å². The second kappa shape index (κ2) is 8.17. The van der Waals surface area contributed by atoms with Gasteiger partial charge in [0.05, 0.1) is 5.52 Å². The van der Waals surface area contributed by atoms with Crippen LogP contribution in [0.2, 0.25) is 0 Å². The highest BCUT2D eigenvalue weighted by molar-refractivity contribution is 7.73. The molecule has 0 aliphatic carbocycles. The molecule has 6 nitrogen and oxygen atoms in total. The third kappa shape index (κ3) is 4.40. The minimum atomic E-state index is -0.201. The number of aromatic amines is 1. The van der Waals surface area contributed by atoms with Crippen LogP contribution in [0, 0.1) is 3.95 Å². The third-order valence-electron chi connectivity index (χ3n) is 3.71. The van der Waals surface area contributed by atoms with Crippen molar-refractivity contribution in [2.75, 3.05) is 16.8 Å². The number of hydrogen-bond acceptors (Lipinski definition) is 5. The molecule has 3 aromatic heterocycles.